The van der Waals surface area contributed by atoms with Crippen molar-refractivity contribution in [1.29, 1.82) is 0 Å². The number of likely N-dealkylation sites (tertiary alicyclic amines) is 1. The van der Waals surface area contributed by atoms with Gasteiger partial charge in [0.15, 0.2) is 5.16 Å². The minimum atomic E-state index is -0.338. The molecule has 2 amide bonds. The highest BCUT2D eigenvalue weighted by Crippen LogP contribution is 2.31. The molecule has 12 heteroatoms. The molecule has 3 heterocycles. The number of rotatable bonds is 8. The first-order valence-corrected chi connectivity index (χ1v) is 13.4. The van der Waals surface area contributed by atoms with Crippen LogP contribution in [0.2, 0.25) is 0 Å². The Kier molecular flexibility index (Phi) is 8.36. The van der Waals surface area contributed by atoms with E-state index in [1.54, 1.807) is 47.8 Å². The van der Waals surface area contributed by atoms with Crippen LogP contribution in [0.25, 0.3) is 10.2 Å². The maximum atomic E-state index is 13.4. The van der Waals surface area contributed by atoms with Gasteiger partial charge in [-0.3, -0.25) is 14.2 Å². The molecule has 1 N–H and O–H groups in total. The Morgan fingerprint density at radius 2 is 1.97 bits per heavy atom. The summed E-state index contributed by atoms with van der Waals surface area (Å²) in [6.07, 6.45) is 0.857. The van der Waals surface area contributed by atoms with Gasteiger partial charge in [-0.25, -0.2) is 9.78 Å². The van der Waals surface area contributed by atoms with E-state index in [1.807, 2.05) is 5.38 Å². The van der Waals surface area contributed by atoms with Crippen molar-refractivity contribution in [2.45, 2.75) is 31.0 Å². The van der Waals surface area contributed by atoms with Crippen LogP contribution in [0.3, 0.4) is 0 Å². The van der Waals surface area contributed by atoms with Crippen molar-refractivity contribution in [3.05, 3.63) is 40.0 Å². The molecule has 1 fully saturated rings. The molecule has 3 aromatic rings. The summed E-state index contributed by atoms with van der Waals surface area (Å²) in [5, 5.41) is 5.17. The number of hydrogen-bond donors (Lipinski definition) is 1. The molecule has 192 valence electrons. The number of benzene rings is 1. The number of carbonyl (C=O) groups is 2. The number of nitrogens with one attached hydrogen (secondary N) is 1. The lowest BCUT2D eigenvalue weighted by Gasteiger charge is -2.32. The standard InChI is InChI=1S/C24H28N4O6S2/c1-4-34-24(31)27-10-7-15(8-11-27)28-22(30)21-18(9-12-35-21)26-23(28)36-14-20(29)25-17-6-5-16(32-2)13-19(17)33-3/h5-6,9,12-13,15H,4,7-8,10-11,14H2,1-3H3,(H,25,29). The SMILES string of the molecule is CCOC(=O)N1CCC(n2c(SCC(=O)Nc3ccc(OC)cc3OC)nc3ccsc3c2=O)CC1. The molecule has 10 nitrogen and oxygen atoms in total. The summed E-state index contributed by atoms with van der Waals surface area (Å²) in [5.74, 6) is 0.895. The lowest BCUT2D eigenvalue weighted by atomic mass is 10.1. The number of methoxy groups -OCH3 is 2. The van der Waals surface area contributed by atoms with Crippen LogP contribution in [0.15, 0.2) is 39.6 Å². The van der Waals surface area contributed by atoms with Crippen molar-refractivity contribution in [2.75, 3.05) is 45.0 Å². The zero-order chi connectivity index (χ0) is 25.7. The maximum absolute atomic E-state index is 13.4. The zero-order valence-electron chi connectivity index (χ0n) is 20.3. The number of hydrogen-bond acceptors (Lipinski definition) is 9. The highest BCUT2D eigenvalue weighted by atomic mass is 32.2. The number of aromatic nitrogens is 2. The molecule has 1 aliphatic rings. The van der Waals surface area contributed by atoms with Gasteiger partial charge in [-0.1, -0.05) is 11.8 Å². The highest BCUT2D eigenvalue weighted by Gasteiger charge is 2.28. The van der Waals surface area contributed by atoms with Crippen LogP contribution in [0.1, 0.15) is 25.8 Å². The summed E-state index contributed by atoms with van der Waals surface area (Å²) in [7, 11) is 3.08. The number of nitrogens with zero attached hydrogens (tertiary/aromatic N) is 3. The molecule has 1 aromatic carbocycles. The van der Waals surface area contributed by atoms with Gasteiger partial charge in [0.25, 0.3) is 5.56 Å². The van der Waals surface area contributed by atoms with E-state index in [0.717, 1.165) is 0 Å². The molecule has 1 aliphatic heterocycles. The third-order valence-corrected chi connectivity index (χ3v) is 7.69. The van der Waals surface area contributed by atoms with Gasteiger partial charge in [-0.05, 0) is 43.3 Å². The Morgan fingerprint density at radius 1 is 1.19 bits per heavy atom. The van der Waals surface area contributed by atoms with Crippen molar-refractivity contribution < 1.29 is 23.8 Å². The number of amides is 2. The van der Waals surface area contributed by atoms with E-state index >= 15 is 0 Å². The fourth-order valence-corrected chi connectivity index (χ4v) is 5.70. The van der Waals surface area contributed by atoms with E-state index in [4.69, 9.17) is 19.2 Å². The van der Waals surface area contributed by atoms with Gasteiger partial charge in [0.05, 0.1) is 37.8 Å². The normalized spacial score (nSPS) is 14.0. The topological polar surface area (TPSA) is 112 Å². The number of fused-ring (bicyclic) bond motifs is 1. The van der Waals surface area contributed by atoms with Gasteiger partial charge in [-0.15, -0.1) is 11.3 Å². The molecule has 36 heavy (non-hydrogen) atoms. The number of ether oxygens (including phenoxy) is 3. The van der Waals surface area contributed by atoms with Crippen LogP contribution in [-0.2, 0) is 9.53 Å². The van der Waals surface area contributed by atoms with Crippen molar-refractivity contribution in [3.8, 4) is 11.5 Å². The minimum Gasteiger partial charge on any atom is -0.497 e. The average molecular weight is 533 g/mol. The first kappa shape index (κ1) is 25.8. The molecule has 0 unspecified atom stereocenters. The number of thioether (sulfide) groups is 1. The van der Waals surface area contributed by atoms with Gasteiger partial charge >= 0.3 is 6.09 Å². The molecule has 2 aromatic heterocycles. The Balaban J connectivity index is 1.51. The predicted molar refractivity (Wildman–Crippen MR) is 140 cm³/mol. The van der Waals surface area contributed by atoms with Crippen LogP contribution in [0.4, 0.5) is 10.5 Å². The predicted octanol–water partition coefficient (Wildman–Crippen LogP) is 4.00. The largest absolute Gasteiger partial charge is 0.497 e. The van der Waals surface area contributed by atoms with E-state index in [0.29, 0.717) is 65.1 Å². The van der Waals surface area contributed by atoms with E-state index in [9.17, 15) is 14.4 Å². The fourth-order valence-electron chi connectivity index (χ4n) is 4.07. The molecule has 0 bridgehead atoms. The summed E-state index contributed by atoms with van der Waals surface area (Å²) in [5.41, 5.74) is 1.02. The fraction of sp³-hybridized carbons (Fsp3) is 0.417. The molecule has 1 saturated heterocycles. The second-order valence-electron chi connectivity index (χ2n) is 8.02. The Morgan fingerprint density at radius 3 is 2.67 bits per heavy atom. The molecule has 0 spiro atoms. The van der Waals surface area contributed by atoms with E-state index in [2.05, 4.69) is 5.32 Å². The van der Waals surface area contributed by atoms with E-state index in [1.165, 1.54) is 30.2 Å². The molecule has 0 radical (unpaired) electrons. The quantitative estimate of drug-likeness (QED) is 0.342. The van der Waals surface area contributed by atoms with Gasteiger partial charge in [0.2, 0.25) is 5.91 Å². The summed E-state index contributed by atoms with van der Waals surface area (Å²) in [4.78, 5) is 44.6. The number of anilines is 1. The third kappa shape index (κ3) is 5.59. The Hall–Kier alpha value is -3.25. The number of carbonyl (C=O) groups excluding carboxylic acids is 2. The van der Waals surface area contributed by atoms with Crippen LogP contribution in [-0.4, -0.2) is 66.1 Å². The van der Waals surface area contributed by atoms with Gasteiger partial charge < -0.3 is 24.4 Å². The Labute approximate surface area is 216 Å². The number of thiophene rings is 1. The van der Waals surface area contributed by atoms with Crippen molar-refractivity contribution >= 4 is 51.0 Å². The summed E-state index contributed by atoms with van der Waals surface area (Å²) in [6.45, 7) is 3.07. The van der Waals surface area contributed by atoms with E-state index < -0.39 is 0 Å². The summed E-state index contributed by atoms with van der Waals surface area (Å²) in [6, 6.07) is 6.81. The van der Waals surface area contributed by atoms with Crippen LogP contribution < -0.4 is 20.3 Å². The first-order chi connectivity index (χ1) is 17.4. The maximum Gasteiger partial charge on any atom is 0.409 e. The number of piperidine rings is 1. The molecule has 0 saturated carbocycles. The molecular weight excluding hydrogens is 504 g/mol. The van der Waals surface area contributed by atoms with Gasteiger partial charge in [0, 0.05) is 25.2 Å². The molecule has 0 aliphatic carbocycles. The monoisotopic (exact) mass is 532 g/mol. The average Bonchev–Trinajstić information content (AvgIpc) is 3.37. The van der Waals surface area contributed by atoms with Gasteiger partial charge in [0.1, 0.15) is 16.2 Å². The highest BCUT2D eigenvalue weighted by molar-refractivity contribution is 7.99. The van der Waals surface area contributed by atoms with Crippen LogP contribution in [0.5, 0.6) is 11.5 Å². The third-order valence-electron chi connectivity index (χ3n) is 5.85. The molecular formula is C24H28N4O6S2. The summed E-state index contributed by atoms with van der Waals surface area (Å²) < 4.78 is 17.9. The van der Waals surface area contributed by atoms with Gasteiger partial charge in [-0.2, -0.15) is 0 Å². The summed E-state index contributed by atoms with van der Waals surface area (Å²) >= 11 is 2.56. The lowest BCUT2D eigenvalue weighted by molar-refractivity contribution is -0.113. The van der Waals surface area contributed by atoms with E-state index in [-0.39, 0.29) is 29.4 Å². The van der Waals surface area contributed by atoms with Crippen molar-refractivity contribution in [2.24, 2.45) is 0 Å². The minimum absolute atomic E-state index is 0.0545. The smallest absolute Gasteiger partial charge is 0.409 e. The zero-order valence-corrected chi connectivity index (χ0v) is 21.9. The lowest BCUT2D eigenvalue weighted by Crippen LogP contribution is -2.41. The molecule has 4 rings (SSSR count). The van der Waals surface area contributed by atoms with Crippen molar-refractivity contribution in [1.82, 2.24) is 14.5 Å². The van der Waals surface area contributed by atoms with Crippen molar-refractivity contribution in [3.63, 3.8) is 0 Å². The first-order valence-electron chi connectivity index (χ1n) is 11.5. The molecule has 0 atom stereocenters. The second-order valence-corrected chi connectivity index (χ2v) is 9.88. The van der Waals surface area contributed by atoms with Crippen LogP contribution in [0, 0.1) is 0 Å². The van der Waals surface area contributed by atoms with Crippen LogP contribution >= 0.6 is 23.1 Å². The second kappa shape index (κ2) is 11.7. The Bertz CT molecular complexity index is 1300.